The van der Waals surface area contributed by atoms with Crippen molar-refractivity contribution in [3.63, 3.8) is 0 Å². The molecule has 0 unspecified atom stereocenters. The van der Waals surface area contributed by atoms with Gasteiger partial charge in [-0.05, 0) is 11.4 Å². The van der Waals surface area contributed by atoms with E-state index in [0.29, 0.717) is 15.6 Å². The van der Waals surface area contributed by atoms with E-state index in [1.807, 2.05) is 54.6 Å². The average Bonchev–Trinajstić information content (AvgIpc) is 3.21. The Morgan fingerprint density at radius 2 is 1.69 bits per heavy atom. The summed E-state index contributed by atoms with van der Waals surface area (Å²) in [4.78, 5) is 23.8. The lowest BCUT2D eigenvalue weighted by Gasteiger charge is -2.09. The second kappa shape index (κ2) is 8.42. The fourth-order valence-electron chi connectivity index (χ4n) is 2.89. The summed E-state index contributed by atoms with van der Waals surface area (Å²) in [5.41, 5.74) is 7.42. The number of carbonyl (C=O) groups is 2. The van der Waals surface area contributed by atoms with E-state index < -0.39 is 5.91 Å². The molecule has 0 aliphatic carbocycles. The number of thioether (sulfide) groups is 1. The quantitative estimate of drug-likeness (QED) is 0.456. The van der Waals surface area contributed by atoms with Gasteiger partial charge in [0.1, 0.15) is 15.7 Å². The fraction of sp³-hybridized carbons (Fsp3) is 0.0476. The van der Waals surface area contributed by atoms with E-state index in [2.05, 4.69) is 15.5 Å². The zero-order valence-electron chi connectivity index (χ0n) is 15.2. The second-order valence-corrected chi connectivity index (χ2v) is 8.01. The van der Waals surface area contributed by atoms with Crippen molar-refractivity contribution in [2.24, 2.45) is 5.73 Å². The Morgan fingerprint density at radius 1 is 0.966 bits per heavy atom. The van der Waals surface area contributed by atoms with Crippen LogP contribution in [-0.2, 0) is 4.79 Å². The largest absolute Gasteiger partial charge is 0.366 e. The first-order valence-electron chi connectivity index (χ1n) is 8.74. The van der Waals surface area contributed by atoms with Gasteiger partial charge < -0.3 is 11.1 Å². The number of nitrogens with one attached hydrogen (secondary N) is 1. The van der Waals surface area contributed by atoms with Crippen LogP contribution in [0.1, 0.15) is 10.4 Å². The number of amides is 2. The molecule has 0 fully saturated rings. The zero-order valence-corrected chi connectivity index (χ0v) is 16.8. The van der Waals surface area contributed by atoms with Gasteiger partial charge in [0.25, 0.3) is 5.91 Å². The van der Waals surface area contributed by atoms with Crippen LogP contribution in [-0.4, -0.2) is 27.8 Å². The third kappa shape index (κ3) is 4.13. The minimum atomic E-state index is -0.567. The number of anilines is 1. The van der Waals surface area contributed by atoms with Gasteiger partial charge in [-0.3, -0.25) is 9.59 Å². The number of hydrogen-bond donors (Lipinski definition) is 2. The number of nitrogens with two attached hydrogens (primary N) is 1. The molecular weight excluding hydrogens is 404 g/mol. The maximum Gasteiger partial charge on any atom is 0.251 e. The highest BCUT2D eigenvalue weighted by Crippen LogP contribution is 2.32. The van der Waals surface area contributed by atoms with E-state index in [9.17, 15) is 9.59 Å². The molecule has 0 radical (unpaired) electrons. The number of aromatic nitrogens is 2. The average molecular weight is 421 g/mol. The number of benzene rings is 2. The predicted molar refractivity (Wildman–Crippen MR) is 117 cm³/mol. The van der Waals surface area contributed by atoms with Crippen molar-refractivity contribution >= 4 is 50.7 Å². The van der Waals surface area contributed by atoms with Crippen LogP contribution in [0.5, 0.6) is 0 Å². The van der Waals surface area contributed by atoms with Crippen molar-refractivity contribution in [3.8, 4) is 11.3 Å². The monoisotopic (exact) mass is 420 g/mol. The summed E-state index contributed by atoms with van der Waals surface area (Å²) in [5, 5.41) is 16.3. The van der Waals surface area contributed by atoms with Crippen LogP contribution in [0.2, 0.25) is 0 Å². The van der Waals surface area contributed by atoms with Crippen LogP contribution in [0.25, 0.3) is 22.0 Å². The highest BCUT2D eigenvalue weighted by Gasteiger charge is 2.15. The standard InChI is InChI=1S/C21H16N4O2S2/c22-19(27)16-10-11-28-20(16)23-17(26)12-29-21-15-9-5-4-8-14(15)18(24-25-21)13-6-2-1-3-7-13/h1-11H,12H2,(H2,22,27)(H,23,26). The van der Waals surface area contributed by atoms with Gasteiger partial charge in [-0.15, -0.1) is 21.5 Å². The van der Waals surface area contributed by atoms with Gasteiger partial charge in [0.2, 0.25) is 5.91 Å². The van der Waals surface area contributed by atoms with Gasteiger partial charge in [0.15, 0.2) is 0 Å². The Balaban J connectivity index is 1.55. The van der Waals surface area contributed by atoms with Gasteiger partial charge in [-0.1, -0.05) is 66.4 Å². The number of carbonyl (C=O) groups excluding carboxylic acids is 2. The topological polar surface area (TPSA) is 98.0 Å². The van der Waals surface area contributed by atoms with Crippen LogP contribution < -0.4 is 11.1 Å². The molecule has 8 heteroatoms. The number of rotatable bonds is 6. The summed E-state index contributed by atoms with van der Waals surface area (Å²) in [6.07, 6.45) is 0. The number of nitrogens with zero attached hydrogens (tertiary/aromatic N) is 2. The van der Waals surface area contributed by atoms with Crippen LogP contribution in [0.3, 0.4) is 0 Å². The molecular formula is C21H16N4O2S2. The van der Waals surface area contributed by atoms with Gasteiger partial charge in [0, 0.05) is 16.3 Å². The maximum atomic E-state index is 12.4. The molecule has 3 N–H and O–H groups in total. The summed E-state index contributed by atoms with van der Waals surface area (Å²) in [6.45, 7) is 0. The molecule has 29 heavy (non-hydrogen) atoms. The minimum Gasteiger partial charge on any atom is -0.366 e. The van der Waals surface area contributed by atoms with E-state index in [4.69, 9.17) is 5.73 Å². The highest BCUT2D eigenvalue weighted by atomic mass is 32.2. The van der Waals surface area contributed by atoms with E-state index in [1.54, 1.807) is 11.4 Å². The summed E-state index contributed by atoms with van der Waals surface area (Å²) < 4.78 is 0. The molecule has 2 amide bonds. The first-order valence-corrected chi connectivity index (χ1v) is 10.6. The van der Waals surface area contributed by atoms with Crippen LogP contribution in [0.15, 0.2) is 71.1 Å². The third-order valence-electron chi connectivity index (χ3n) is 4.22. The van der Waals surface area contributed by atoms with Crippen molar-refractivity contribution in [2.75, 3.05) is 11.1 Å². The van der Waals surface area contributed by atoms with E-state index >= 15 is 0 Å². The lowest BCUT2D eigenvalue weighted by atomic mass is 10.1. The van der Waals surface area contributed by atoms with Gasteiger partial charge in [0.05, 0.1) is 11.3 Å². The molecule has 0 aliphatic rings. The Bertz CT molecular complexity index is 1190. The number of fused-ring (bicyclic) bond motifs is 1. The van der Waals surface area contributed by atoms with Crippen molar-refractivity contribution < 1.29 is 9.59 Å². The van der Waals surface area contributed by atoms with E-state index in [0.717, 1.165) is 22.0 Å². The fourth-order valence-corrected chi connectivity index (χ4v) is 4.47. The Morgan fingerprint density at radius 3 is 2.45 bits per heavy atom. The molecule has 2 aromatic heterocycles. The van der Waals surface area contributed by atoms with Gasteiger partial charge >= 0.3 is 0 Å². The molecule has 0 saturated carbocycles. The number of hydrogen-bond acceptors (Lipinski definition) is 6. The molecule has 0 aliphatic heterocycles. The molecule has 2 heterocycles. The Labute approximate surface area is 175 Å². The smallest absolute Gasteiger partial charge is 0.251 e. The first kappa shape index (κ1) is 19.1. The van der Waals surface area contributed by atoms with Crippen molar-refractivity contribution in [3.05, 3.63) is 71.6 Å². The second-order valence-electron chi connectivity index (χ2n) is 6.13. The van der Waals surface area contributed by atoms with Crippen molar-refractivity contribution in [2.45, 2.75) is 5.03 Å². The highest BCUT2D eigenvalue weighted by molar-refractivity contribution is 8.00. The zero-order chi connectivity index (χ0) is 20.2. The van der Waals surface area contributed by atoms with Crippen LogP contribution in [0, 0.1) is 0 Å². The Hall–Kier alpha value is -3.23. The molecule has 0 spiro atoms. The lowest BCUT2D eigenvalue weighted by molar-refractivity contribution is -0.113. The molecule has 4 aromatic rings. The molecule has 6 nitrogen and oxygen atoms in total. The maximum absolute atomic E-state index is 12.4. The molecule has 0 saturated heterocycles. The summed E-state index contributed by atoms with van der Waals surface area (Å²) in [5.74, 6) is -0.667. The lowest BCUT2D eigenvalue weighted by Crippen LogP contribution is -2.17. The van der Waals surface area contributed by atoms with Crippen LogP contribution in [0.4, 0.5) is 5.00 Å². The van der Waals surface area contributed by atoms with Crippen LogP contribution >= 0.6 is 23.1 Å². The van der Waals surface area contributed by atoms with E-state index in [-0.39, 0.29) is 11.7 Å². The first-order chi connectivity index (χ1) is 14.1. The number of primary amides is 1. The number of thiophene rings is 1. The SMILES string of the molecule is NC(=O)c1ccsc1NC(=O)CSc1nnc(-c2ccccc2)c2ccccc12. The molecule has 0 bridgehead atoms. The summed E-state index contributed by atoms with van der Waals surface area (Å²) in [6, 6.07) is 19.3. The van der Waals surface area contributed by atoms with Gasteiger partial charge in [-0.2, -0.15) is 0 Å². The molecule has 144 valence electrons. The minimum absolute atomic E-state index is 0.138. The van der Waals surface area contributed by atoms with Gasteiger partial charge in [-0.25, -0.2) is 0 Å². The molecule has 4 rings (SSSR count). The normalized spacial score (nSPS) is 10.8. The molecule has 0 atom stereocenters. The summed E-state index contributed by atoms with van der Waals surface area (Å²) in [7, 11) is 0. The summed E-state index contributed by atoms with van der Waals surface area (Å²) >= 11 is 2.56. The van der Waals surface area contributed by atoms with E-state index in [1.165, 1.54) is 23.1 Å². The predicted octanol–water partition coefficient (Wildman–Crippen LogP) is 4.19. The van der Waals surface area contributed by atoms with Crippen molar-refractivity contribution in [1.29, 1.82) is 0 Å². The Kier molecular flexibility index (Phi) is 5.55. The van der Waals surface area contributed by atoms with Crippen molar-refractivity contribution in [1.82, 2.24) is 10.2 Å². The third-order valence-corrected chi connectivity index (χ3v) is 6.04. The molecule has 2 aromatic carbocycles.